The number of allylic oxidation sites excluding steroid dienone is 1. The lowest BCUT2D eigenvalue weighted by atomic mass is 9.98. The van der Waals surface area contributed by atoms with Crippen molar-refractivity contribution >= 4 is 11.8 Å². The quantitative estimate of drug-likeness (QED) is 0.602. The van der Waals surface area contributed by atoms with E-state index >= 15 is 0 Å². The van der Waals surface area contributed by atoms with Gasteiger partial charge in [-0.1, -0.05) is 0 Å². The summed E-state index contributed by atoms with van der Waals surface area (Å²) < 4.78 is 5.17. The summed E-state index contributed by atoms with van der Waals surface area (Å²) in [6.45, 7) is 5.45. The average Bonchev–Trinajstić information content (AvgIpc) is 2.01. The minimum Gasteiger partial charge on any atom is -0.457 e. The molecule has 0 saturated heterocycles. The highest BCUT2D eigenvalue weighted by atomic mass is 16.6. The molecule has 14 heavy (non-hydrogen) atoms. The van der Waals surface area contributed by atoms with Crippen molar-refractivity contribution in [2.45, 2.75) is 45.6 Å². The standard InChI is InChI=1S/C11H16O3/c1-11(2,3)14-10(13)8-5-4-6-9(12)7-8/h7H,4-6H2,1-3H3. The molecule has 0 unspecified atom stereocenters. The Morgan fingerprint density at radius 1 is 1.36 bits per heavy atom. The van der Waals surface area contributed by atoms with Gasteiger partial charge in [-0.2, -0.15) is 0 Å². The lowest BCUT2D eigenvalue weighted by Gasteiger charge is -2.21. The van der Waals surface area contributed by atoms with Crippen LogP contribution in [-0.2, 0) is 14.3 Å². The van der Waals surface area contributed by atoms with Crippen LogP contribution in [0.25, 0.3) is 0 Å². The molecule has 0 aromatic heterocycles. The smallest absolute Gasteiger partial charge is 0.334 e. The molecule has 0 spiro atoms. The van der Waals surface area contributed by atoms with Gasteiger partial charge < -0.3 is 4.74 Å². The number of rotatable bonds is 1. The number of carbonyl (C=O) groups is 2. The number of esters is 1. The zero-order chi connectivity index (χ0) is 10.8. The first-order valence-corrected chi connectivity index (χ1v) is 4.85. The largest absolute Gasteiger partial charge is 0.457 e. The first kappa shape index (κ1) is 11.0. The Kier molecular flexibility index (Phi) is 3.09. The third-order valence-corrected chi connectivity index (χ3v) is 1.87. The minimum atomic E-state index is -0.488. The topological polar surface area (TPSA) is 43.4 Å². The number of ether oxygens (including phenoxy) is 1. The van der Waals surface area contributed by atoms with E-state index in [1.165, 1.54) is 6.08 Å². The van der Waals surface area contributed by atoms with E-state index in [0.29, 0.717) is 18.4 Å². The van der Waals surface area contributed by atoms with Gasteiger partial charge in [0, 0.05) is 12.0 Å². The van der Waals surface area contributed by atoms with Crippen LogP contribution in [-0.4, -0.2) is 17.4 Å². The summed E-state index contributed by atoms with van der Waals surface area (Å²) in [5, 5.41) is 0. The molecular weight excluding hydrogens is 180 g/mol. The molecule has 0 bridgehead atoms. The van der Waals surface area contributed by atoms with Gasteiger partial charge in [-0.3, -0.25) is 4.79 Å². The molecule has 0 amide bonds. The summed E-state index contributed by atoms with van der Waals surface area (Å²) in [5.41, 5.74) is 0.0227. The van der Waals surface area contributed by atoms with Crippen molar-refractivity contribution in [2.75, 3.05) is 0 Å². The number of carbonyl (C=O) groups excluding carboxylic acids is 2. The summed E-state index contributed by atoms with van der Waals surface area (Å²) >= 11 is 0. The predicted octanol–water partition coefficient (Wildman–Crippen LogP) is 2.01. The molecule has 0 aromatic rings. The number of hydrogen-bond acceptors (Lipinski definition) is 3. The second kappa shape index (κ2) is 3.95. The Balaban J connectivity index is 2.65. The second-order valence-electron chi connectivity index (χ2n) is 4.49. The third kappa shape index (κ3) is 3.32. The van der Waals surface area contributed by atoms with E-state index in [1.807, 2.05) is 20.8 Å². The Labute approximate surface area is 84.1 Å². The van der Waals surface area contributed by atoms with E-state index in [1.54, 1.807) is 0 Å². The van der Waals surface area contributed by atoms with E-state index in [9.17, 15) is 9.59 Å². The van der Waals surface area contributed by atoms with Crippen molar-refractivity contribution in [2.24, 2.45) is 0 Å². The molecule has 1 aliphatic rings. The molecule has 0 atom stereocenters. The monoisotopic (exact) mass is 196 g/mol. The van der Waals surface area contributed by atoms with Gasteiger partial charge in [0.2, 0.25) is 0 Å². The maximum absolute atomic E-state index is 11.5. The van der Waals surface area contributed by atoms with Gasteiger partial charge in [0.15, 0.2) is 5.78 Å². The number of hydrogen-bond donors (Lipinski definition) is 0. The van der Waals surface area contributed by atoms with Crippen LogP contribution in [0, 0.1) is 0 Å². The molecule has 0 saturated carbocycles. The van der Waals surface area contributed by atoms with Gasteiger partial charge in [-0.25, -0.2) is 4.79 Å². The fourth-order valence-electron chi connectivity index (χ4n) is 1.30. The lowest BCUT2D eigenvalue weighted by molar-refractivity contribution is -0.150. The lowest BCUT2D eigenvalue weighted by Crippen LogP contribution is -2.26. The Hall–Kier alpha value is -1.12. The van der Waals surface area contributed by atoms with E-state index in [4.69, 9.17) is 4.74 Å². The molecule has 78 valence electrons. The van der Waals surface area contributed by atoms with Gasteiger partial charge in [-0.05, 0) is 39.7 Å². The van der Waals surface area contributed by atoms with Gasteiger partial charge in [0.1, 0.15) is 5.60 Å². The average molecular weight is 196 g/mol. The summed E-state index contributed by atoms with van der Waals surface area (Å²) in [5.74, 6) is -0.331. The summed E-state index contributed by atoms with van der Waals surface area (Å²) in [4.78, 5) is 22.6. The highest BCUT2D eigenvalue weighted by molar-refractivity contribution is 6.00. The Morgan fingerprint density at radius 2 is 2.00 bits per heavy atom. The molecule has 0 fully saturated rings. The van der Waals surface area contributed by atoms with Crippen molar-refractivity contribution in [3.8, 4) is 0 Å². The molecule has 1 rings (SSSR count). The van der Waals surface area contributed by atoms with Crippen LogP contribution in [0.2, 0.25) is 0 Å². The highest BCUT2D eigenvalue weighted by Gasteiger charge is 2.22. The SMILES string of the molecule is CC(C)(C)OC(=O)C1=CC(=O)CCC1. The van der Waals surface area contributed by atoms with Crippen LogP contribution in [0.4, 0.5) is 0 Å². The first-order valence-electron chi connectivity index (χ1n) is 4.85. The molecule has 3 nitrogen and oxygen atoms in total. The maximum atomic E-state index is 11.5. The van der Waals surface area contributed by atoms with Crippen molar-refractivity contribution in [1.82, 2.24) is 0 Å². The third-order valence-electron chi connectivity index (χ3n) is 1.87. The maximum Gasteiger partial charge on any atom is 0.334 e. The molecule has 0 aliphatic heterocycles. The van der Waals surface area contributed by atoms with Crippen LogP contribution in [0.3, 0.4) is 0 Å². The second-order valence-corrected chi connectivity index (χ2v) is 4.49. The molecule has 0 N–H and O–H groups in total. The van der Waals surface area contributed by atoms with Gasteiger partial charge in [0.25, 0.3) is 0 Å². The zero-order valence-electron chi connectivity index (χ0n) is 8.92. The van der Waals surface area contributed by atoms with Crippen molar-refractivity contribution in [3.05, 3.63) is 11.6 Å². The van der Waals surface area contributed by atoms with Crippen LogP contribution >= 0.6 is 0 Å². The van der Waals surface area contributed by atoms with Gasteiger partial charge in [-0.15, -0.1) is 0 Å². The van der Waals surface area contributed by atoms with Crippen LogP contribution in [0.1, 0.15) is 40.0 Å². The highest BCUT2D eigenvalue weighted by Crippen LogP contribution is 2.19. The minimum absolute atomic E-state index is 0.0251. The zero-order valence-corrected chi connectivity index (χ0v) is 8.92. The summed E-state index contributed by atoms with van der Waals surface area (Å²) in [7, 11) is 0. The van der Waals surface area contributed by atoms with Crippen molar-refractivity contribution in [3.63, 3.8) is 0 Å². The normalized spacial score (nSPS) is 17.6. The predicted molar refractivity (Wildman–Crippen MR) is 52.8 cm³/mol. The van der Waals surface area contributed by atoms with Gasteiger partial charge >= 0.3 is 5.97 Å². The molecule has 3 heteroatoms. The van der Waals surface area contributed by atoms with Crippen molar-refractivity contribution in [1.29, 1.82) is 0 Å². The molecule has 0 aromatic carbocycles. The Bertz CT molecular complexity index is 281. The molecular formula is C11H16O3. The van der Waals surface area contributed by atoms with E-state index in [2.05, 4.69) is 0 Å². The summed E-state index contributed by atoms with van der Waals surface area (Å²) in [6, 6.07) is 0. The van der Waals surface area contributed by atoms with E-state index in [-0.39, 0.29) is 11.8 Å². The first-order chi connectivity index (χ1) is 6.38. The van der Waals surface area contributed by atoms with Crippen LogP contribution in [0.5, 0.6) is 0 Å². The van der Waals surface area contributed by atoms with Crippen LogP contribution < -0.4 is 0 Å². The number of ketones is 1. The van der Waals surface area contributed by atoms with E-state index in [0.717, 1.165) is 6.42 Å². The molecule has 1 aliphatic carbocycles. The van der Waals surface area contributed by atoms with Crippen molar-refractivity contribution < 1.29 is 14.3 Å². The Morgan fingerprint density at radius 3 is 2.50 bits per heavy atom. The van der Waals surface area contributed by atoms with Gasteiger partial charge in [0.05, 0.1) is 0 Å². The summed E-state index contributed by atoms with van der Waals surface area (Å²) in [6.07, 6.45) is 3.37. The fraction of sp³-hybridized carbons (Fsp3) is 0.636. The molecule has 0 radical (unpaired) electrons. The van der Waals surface area contributed by atoms with Crippen LogP contribution in [0.15, 0.2) is 11.6 Å². The fourth-order valence-corrected chi connectivity index (χ4v) is 1.30. The molecule has 0 heterocycles. The van der Waals surface area contributed by atoms with E-state index < -0.39 is 5.60 Å².